The van der Waals surface area contributed by atoms with Crippen LogP contribution in [0.15, 0.2) is 0 Å². The molecule has 15 heavy (non-hydrogen) atoms. The Morgan fingerprint density at radius 3 is 2.53 bits per heavy atom. The molecule has 0 heterocycles. The molecule has 0 amide bonds. The van der Waals surface area contributed by atoms with Gasteiger partial charge < -0.3 is 15.0 Å². The molecular formula is C12H26N2O. The molecule has 0 atom stereocenters. The zero-order valence-electron chi connectivity index (χ0n) is 10.7. The van der Waals surface area contributed by atoms with Gasteiger partial charge in [-0.25, -0.2) is 0 Å². The van der Waals surface area contributed by atoms with E-state index in [1.807, 2.05) is 0 Å². The Kier molecular flexibility index (Phi) is 5.03. The molecule has 0 saturated heterocycles. The topological polar surface area (TPSA) is 24.5 Å². The second-order valence-electron chi connectivity index (χ2n) is 5.68. The monoisotopic (exact) mass is 214 g/mol. The maximum atomic E-state index is 5.68. The normalized spacial score (nSPS) is 17.4. The van der Waals surface area contributed by atoms with Gasteiger partial charge in [-0.2, -0.15) is 0 Å². The average Bonchev–Trinajstić information content (AvgIpc) is 2.93. The minimum atomic E-state index is 0.259. The van der Waals surface area contributed by atoms with E-state index in [0.29, 0.717) is 0 Å². The van der Waals surface area contributed by atoms with Crippen LogP contribution in [0.3, 0.4) is 0 Å². The predicted octanol–water partition coefficient (Wildman–Crippen LogP) is 1.34. The van der Waals surface area contributed by atoms with Crippen molar-refractivity contribution in [2.75, 3.05) is 40.4 Å². The largest absolute Gasteiger partial charge is 0.380 e. The van der Waals surface area contributed by atoms with Gasteiger partial charge >= 0.3 is 0 Å². The minimum absolute atomic E-state index is 0.259. The summed E-state index contributed by atoms with van der Waals surface area (Å²) in [6.07, 6.45) is 2.72. The molecule has 1 saturated carbocycles. The lowest BCUT2D eigenvalue weighted by Crippen LogP contribution is -2.35. The van der Waals surface area contributed by atoms with Crippen molar-refractivity contribution < 1.29 is 4.74 Å². The van der Waals surface area contributed by atoms with Crippen LogP contribution in [0.5, 0.6) is 0 Å². The van der Waals surface area contributed by atoms with Crippen molar-refractivity contribution in [2.24, 2.45) is 5.41 Å². The Bertz CT molecular complexity index is 176. The minimum Gasteiger partial charge on any atom is -0.380 e. The van der Waals surface area contributed by atoms with E-state index >= 15 is 0 Å². The Labute approximate surface area is 94.2 Å². The van der Waals surface area contributed by atoms with Crippen LogP contribution in [0.2, 0.25) is 0 Å². The van der Waals surface area contributed by atoms with Crippen LogP contribution in [-0.4, -0.2) is 51.3 Å². The molecular weight excluding hydrogens is 188 g/mol. The van der Waals surface area contributed by atoms with E-state index in [-0.39, 0.29) is 5.41 Å². The smallest absolute Gasteiger partial charge is 0.0593 e. The number of rotatable bonds is 8. The first-order chi connectivity index (χ1) is 6.99. The van der Waals surface area contributed by atoms with E-state index in [1.54, 1.807) is 0 Å². The SMILES string of the molecule is CN(C)CCOCC(C)(C)CNC1CC1. The highest BCUT2D eigenvalue weighted by atomic mass is 16.5. The van der Waals surface area contributed by atoms with E-state index < -0.39 is 0 Å². The third kappa shape index (κ3) is 6.88. The molecule has 0 aromatic carbocycles. The molecule has 0 aliphatic heterocycles. The van der Waals surface area contributed by atoms with Crippen LogP contribution in [0.25, 0.3) is 0 Å². The highest BCUT2D eigenvalue weighted by molar-refractivity contribution is 4.83. The van der Waals surface area contributed by atoms with Crippen LogP contribution < -0.4 is 5.32 Å². The van der Waals surface area contributed by atoms with Gasteiger partial charge in [-0.15, -0.1) is 0 Å². The lowest BCUT2D eigenvalue weighted by Gasteiger charge is -2.25. The quantitative estimate of drug-likeness (QED) is 0.617. The number of hydrogen-bond donors (Lipinski definition) is 1. The maximum Gasteiger partial charge on any atom is 0.0593 e. The molecule has 90 valence electrons. The standard InChI is InChI=1S/C12H26N2O/c1-12(2,9-13-11-5-6-11)10-15-8-7-14(3)4/h11,13H,5-10H2,1-4H3. The zero-order chi connectivity index (χ0) is 11.3. The van der Waals surface area contributed by atoms with Gasteiger partial charge in [0.05, 0.1) is 13.2 Å². The van der Waals surface area contributed by atoms with Crippen molar-refractivity contribution in [1.29, 1.82) is 0 Å². The summed E-state index contributed by atoms with van der Waals surface area (Å²) in [5.74, 6) is 0. The molecule has 0 unspecified atom stereocenters. The number of nitrogens with one attached hydrogen (secondary N) is 1. The summed E-state index contributed by atoms with van der Waals surface area (Å²) < 4.78 is 5.68. The molecule has 0 radical (unpaired) electrons. The molecule has 1 rings (SSSR count). The summed E-state index contributed by atoms with van der Waals surface area (Å²) in [5, 5.41) is 3.56. The van der Waals surface area contributed by atoms with Gasteiger partial charge in [-0.1, -0.05) is 13.8 Å². The molecule has 1 N–H and O–H groups in total. The van der Waals surface area contributed by atoms with Crippen LogP contribution >= 0.6 is 0 Å². The van der Waals surface area contributed by atoms with Crippen LogP contribution in [0.1, 0.15) is 26.7 Å². The third-order valence-corrected chi connectivity index (χ3v) is 2.62. The first-order valence-corrected chi connectivity index (χ1v) is 5.95. The van der Waals surface area contributed by atoms with Gasteiger partial charge in [0.1, 0.15) is 0 Å². The fourth-order valence-electron chi connectivity index (χ4n) is 1.35. The van der Waals surface area contributed by atoms with Gasteiger partial charge in [0, 0.05) is 24.5 Å². The van der Waals surface area contributed by atoms with Gasteiger partial charge in [-0.3, -0.25) is 0 Å². The molecule has 0 bridgehead atoms. The maximum absolute atomic E-state index is 5.68. The van der Waals surface area contributed by atoms with E-state index in [2.05, 4.69) is 38.2 Å². The fourth-order valence-corrected chi connectivity index (χ4v) is 1.35. The van der Waals surface area contributed by atoms with Crippen LogP contribution in [0.4, 0.5) is 0 Å². The van der Waals surface area contributed by atoms with Crippen LogP contribution in [0, 0.1) is 5.41 Å². The van der Waals surface area contributed by atoms with Gasteiger partial charge in [0.2, 0.25) is 0 Å². The second kappa shape index (κ2) is 5.83. The molecule has 3 heteroatoms. The van der Waals surface area contributed by atoms with Crippen molar-refractivity contribution in [3.05, 3.63) is 0 Å². The lowest BCUT2D eigenvalue weighted by atomic mass is 9.95. The van der Waals surface area contributed by atoms with Gasteiger partial charge in [0.15, 0.2) is 0 Å². The number of nitrogens with zero attached hydrogens (tertiary/aromatic N) is 1. The molecule has 1 fully saturated rings. The number of likely N-dealkylation sites (N-methyl/N-ethyl adjacent to an activating group) is 1. The average molecular weight is 214 g/mol. The van der Waals surface area contributed by atoms with Crippen LogP contribution in [-0.2, 0) is 4.74 Å². The Morgan fingerprint density at radius 1 is 1.33 bits per heavy atom. The zero-order valence-corrected chi connectivity index (χ0v) is 10.7. The van der Waals surface area contributed by atoms with E-state index in [9.17, 15) is 0 Å². The van der Waals surface area contributed by atoms with E-state index in [0.717, 1.165) is 32.3 Å². The molecule has 1 aliphatic rings. The van der Waals surface area contributed by atoms with Crippen molar-refractivity contribution in [2.45, 2.75) is 32.7 Å². The lowest BCUT2D eigenvalue weighted by molar-refractivity contribution is 0.0536. The second-order valence-corrected chi connectivity index (χ2v) is 5.68. The van der Waals surface area contributed by atoms with E-state index in [1.165, 1.54) is 12.8 Å². The summed E-state index contributed by atoms with van der Waals surface area (Å²) >= 11 is 0. The third-order valence-electron chi connectivity index (χ3n) is 2.62. The summed E-state index contributed by atoms with van der Waals surface area (Å²) in [5.41, 5.74) is 0.259. The Hall–Kier alpha value is -0.120. The van der Waals surface area contributed by atoms with E-state index in [4.69, 9.17) is 4.74 Å². The van der Waals surface area contributed by atoms with Crippen molar-refractivity contribution >= 4 is 0 Å². The summed E-state index contributed by atoms with van der Waals surface area (Å²) in [4.78, 5) is 2.15. The van der Waals surface area contributed by atoms with Gasteiger partial charge in [0.25, 0.3) is 0 Å². The molecule has 3 nitrogen and oxygen atoms in total. The van der Waals surface area contributed by atoms with Crippen molar-refractivity contribution in [1.82, 2.24) is 10.2 Å². The first-order valence-electron chi connectivity index (χ1n) is 5.95. The molecule has 0 aromatic rings. The summed E-state index contributed by atoms with van der Waals surface area (Å²) in [6, 6.07) is 0.797. The molecule has 0 spiro atoms. The Balaban J connectivity index is 2.00. The van der Waals surface area contributed by atoms with Crippen molar-refractivity contribution in [3.8, 4) is 0 Å². The molecule has 1 aliphatic carbocycles. The Morgan fingerprint density at radius 2 is 2.00 bits per heavy atom. The summed E-state index contributed by atoms with van der Waals surface area (Å²) in [6.45, 7) is 8.28. The predicted molar refractivity (Wildman–Crippen MR) is 64.2 cm³/mol. The highest BCUT2D eigenvalue weighted by Gasteiger charge is 2.25. The highest BCUT2D eigenvalue weighted by Crippen LogP contribution is 2.21. The summed E-state index contributed by atoms with van der Waals surface area (Å²) in [7, 11) is 4.15. The fraction of sp³-hybridized carbons (Fsp3) is 1.00. The first kappa shape index (κ1) is 12.9. The van der Waals surface area contributed by atoms with Gasteiger partial charge in [-0.05, 0) is 26.9 Å². The molecule has 0 aromatic heterocycles. The number of hydrogen-bond acceptors (Lipinski definition) is 3. The number of ether oxygens (including phenoxy) is 1. The van der Waals surface area contributed by atoms with Crippen molar-refractivity contribution in [3.63, 3.8) is 0 Å².